The molecule has 1 heterocycles. The van der Waals surface area contributed by atoms with Gasteiger partial charge in [-0.1, -0.05) is 62.9 Å². The van der Waals surface area contributed by atoms with E-state index < -0.39 is 5.97 Å². The molecule has 7 unspecified atom stereocenters. The van der Waals surface area contributed by atoms with E-state index in [0.717, 1.165) is 61.7 Å². The van der Waals surface area contributed by atoms with Crippen molar-refractivity contribution in [3.8, 4) is 5.75 Å². The molecule has 228 valence electrons. The van der Waals surface area contributed by atoms with Crippen LogP contribution in [0.25, 0.3) is 0 Å². The van der Waals surface area contributed by atoms with E-state index in [9.17, 15) is 9.90 Å². The number of methoxy groups -OCH3 is 1. The molecule has 3 N–H and O–H groups in total. The monoisotopic (exact) mass is 612 g/mol. The summed E-state index contributed by atoms with van der Waals surface area (Å²) in [5.74, 6) is 1.95. The number of anilines is 1. The lowest BCUT2D eigenvalue weighted by molar-refractivity contribution is -0.000222. The quantitative estimate of drug-likeness (QED) is 0.189. The number of benzene rings is 2. The van der Waals surface area contributed by atoms with Crippen LogP contribution in [0.1, 0.15) is 73.9 Å². The summed E-state index contributed by atoms with van der Waals surface area (Å²) in [6.45, 7) is 8.82. The smallest absolute Gasteiger partial charge is 0.335 e. The minimum atomic E-state index is -0.925. The van der Waals surface area contributed by atoms with Crippen LogP contribution in [-0.4, -0.2) is 49.2 Å². The average Bonchev–Trinajstić information content (AvgIpc) is 3.12. The summed E-state index contributed by atoms with van der Waals surface area (Å²) in [5.41, 5.74) is 5.10. The first-order chi connectivity index (χ1) is 20.2. The van der Waals surface area contributed by atoms with Crippen molar-refractivity contribution in [2.24, 2.45) is 28.8 Å². The van der Waals surface area contributed by atoms with Crippen molar-refractivity contribution in [1.29, 1.82) is 0 Å². The molecule has 2 aromatic rings. The summed E-state index contributed by atoms with van der Waals surface area (Å²) in [7, 11) is 1.84. The summed E-state index contributed by atoms with van der Waals surface area (Å²) in [5, 5.41) is 16.8. The maximum absolute atomic E-state index is 11.9. The highest BCUT2D eigenvalue weighted by atomic mass is 35.5. The van der Waals surface area contributed by atoms with Gasteiger partial charge in [-0.05, 0) is 96.4 Å². The number of nitrogens with two attached hydrogens (primary N) is 1. The molecule has 2 aliphatic carbocycles. The van der Waals surface area contributed by atoms with Gasteiger partial charge in [0.2, 0.25) is 0 Å². The number of ether oxygens (including phenoxy) is 2. The minimum absolute atomic E-state index is 0.129. The number of carbonyl (C=O) groups is 1. The lowest BCUT2D eigenvalue weighted by Crippen LogP contribution is -2.46. The Kier molecular flexibility index (Phi) is 10.1. The van der Waals surface area contributed by atoms with E-state index in [1.807, 2.05) is 19.2 Å². The molecule has 0 radical (unpaired) electrons. The van der Waals surface area contributed by atoms with Crippen molar-refractivity contribution in [2.75, 3.05) is 31.7 Å². The Balaban J connectivity index is 1.39. The number of fused-ring (bicyclic) bond motifs is 1. The van der Waals surface area contributed by atoms with Gasteiger partial charge in [-0.15, -0.1) is 0 Å². The zero-order valence-corrected chi connectivity index (χ0v) is 26.8. The fraction of sp³-hybridized carbons (Fsp3) is 0.559. The van der Waals surface area contributed by atoms with Crippen LogP contribution in [0.5, 0.6) is 5.75 Å². The third-order valence-corrected chi connectivity index (χ3v) is 11.1. The fourth-order valence-corrected chi connectivity index (χ4v) is 7.73. The Morgan fingerprint density at radius 1 is 1.24 bits per heavy atom. The standard InChI is InChI=1S/C34H45ClN2O4S/c1-5-6-22-15-28(35)9-11-29(22)27-18-37(31-16-23(34(38)39)8-12-32(31)41-19-27)17-24-7-10-30(24)33(40-4)26-13-25(14-26)20(2)21(3)42-36/h8-9,11-13,15-16,20-21,24-25,27,30,33H,5-7,10,14,17-19,36H2,1-4H3,(H,38,39). The largest absolute Gasteiger partial charge is 0.491 e. The van der Waals surface area contributed by atoms with Gasteiger partial charge in [0.05, 0.1) is 24.0 Å². The second kappa shape index (κ2) is 13.6. The first-order valence-electron chi connectivity index (χ1n) is 15.4. The van der Waals surface area contributed by atoms with Crippen LogP contribution >= 0.6 is 23.5 Å². The molecule has 1 aliphatic heterocycles. The molecule has 0 spiro atoms. The molecule has 3 aliphatic rings. The highest BCUT2D eigenvalue weighted by Gasteiger charge is 2.43. The molecule has 7 atom stereocenters. The predicted octanol–water partition coefficient (Wildman–Crippen LogP) is 7.59. The molecule has 8 heteroatoms. The number of rotatable bonds is 12. The summed E-state index contributed by atoms with van der Waals surface area (Å²) in [4.78, 5) is 14.3. The molecule has 0 aromatic heterocycles. The van der Waals surface area contributed by atoms with Crippen LogP contribution in [0.2, 0.25) is 5.02 Å². The summed E-state index contributed by atoms with van der Waals surface area (Å²) < 4.78 is 12.5. The van der Waals surface area contributed by atoms with Crippen LogP contribution < -0.4 is 14.8 Å². The van der Waals surface area contributed by atoms with Gasteiger partial charge >= 0.3 is 5.97 Å². The summed E-state index contributed by atoms with van der Waals surface area (Å²) in [6.07, 6.45) is 7.91. The van der Waals surface area contributed by atoms with Gasteiger partial charge < -0.3 is 19.5 Å². The SMILES string of the molecule is CCCc1cc(Cl)ccc1C1COc2ccc(C(=O)O)cc2N(CC2CCC2C(OC)C2=CC(C(C)C(C)SN)C2)C1. The topological polar surface area (TPSA) is 85.0 Å². The third kappa shape index (κ3) is 6.50. The number of hydrogen-bond donors (Lipinski definition) is 2. The molecule has 0 bridgehead atoms. The molecular formula is C34H45ClN2O4S. The summed E-state index contributed by atoms with van der Waals surface area (Å²) >= 11 is 7.85. The molecule has 2 aromatic carbocycles. The summed E-state index contributed by atoms with van der Waals surface area (Å²) in [6, 6.07) is 11.5. The molecule has 1 saturated carbocycles. The van der Waals surface area contributed by atoms with Crippen LogP contribution in [-0.2, 0) is 11.2 Å². The van der Waals surface area contributed by atoms with Gasteiger partial charge in [-0.3, -0.25) is 5.14 Å². The highest BCUT2D eigenvalue weighted by Crippen LogP contribution is 2.47. The Labute approximate surface area is 260 Å². The van der Waals surface area contributed by atoms with Crippen molar-refractivity contribution < 1.29 is 19.4 Å². The molecule has 1 fully saturated rings. The van der Waals surface area contributed by atoms with E-state index in [1.165, 1.54) is 28.6 Å². The molecule has 5 rings (SSSR count). The molecule has 0 saturated heterocycles. The number of halogens is 1. The maximum Gasteiger partial charge on any atom is 0.335 e. The van der Waals surface area contributed by atoms with Crippen molar-refractivity contribution in [3.63, 3.8) is 0 Å². The molecular weight excluding hydrogens is 568 g/mol. The van der Waals surface area contributed by atoms with E-state index in [2.05, 4.69) is 43.9 Å². The molecule has 0 amide bonds. The molecule has 6 nitrogen and oxygen atoms in total. The minimum Gasteiger partial charge on any atom is -0.491 e. The maximum atomic E-state index is 11.9. The van der Waals surface area contributed by atoms with Gasteiger partial charge in [0.15, 0.2) is 0 Å². The Morgan fingerprint density at radius 2 is 2.02 bits per heavy atom. The second-order valence-electron chi connectivity index (χ2n) is 12.5. The highest BCUT2D eigenvalue weighted by molar-refractivity contribution is 7.97. The number of allylic oxidation sites excluding steroid dienone is 1. The second-order valence-corrected chi connectivity index (χ2v) is 13.9. The van der Waals surface area contributed by atoms with Gasteiger partial charge in [0.1, 0.15) is 5.75 Å². The third-order valence-electron chi connectivity index (χ3n) is 9.96. The number of carboxylic acids is 1. The van der Waals surface area contributed by atoms with Crippen molar-refractivity contribution in [2.45, 2.75) is 70.1 Å². The van der Waals surface area contributed by atoms with Crippen molar-refractivity contribution in [1.82, 2.24) is 0 Å². The van der Waals surface area contributed by atoms with Crippen LogP contribution in [0.15, 0.2) is 48.0 Å². The average molecular weight is 613 g/mol. The zero-order valence-electron chi connectivity index (χ0n) is 25.2. The van der Waals surface area contributed by atoms with E-state index >= 15 is 0 Å². The predicted molar refractivity (Wildman–Crippen MR) is 173 cm³/mol. The van der Waals surface area contributed by atoms with Gasteiger partial charge in [-0.2, -0.15) is 0 Å². The fourth-order valence-electron chi connectivity index (χ4n) is 7.09. The van der Waals surface area contributed by atoms with Gasteiger partial charge in [-0.25, -0.2) is 4.79 Å². The van der Waals surface area contributed by atoms with Crippen molar-refractivity contribution >= 4 is 35.2 Å². The number of carboxylic acid groups (broad SMARTS) is 1. The lowest BCUT2D eigenvalue weighted by atomic mass is 9.64. The van der Waals surface area contributed by atoms with Gasteiger partial charge in [0, 0.05) is 36.4 Å². The first kappa shape index (κ1) is 31.2. The Bertz CT molecular complexity index is 1300. The van der Waals surface area contributed by atoms with E-state index in [0.29, 0.717) is 35.5 Å². The van der Waals surface area contributed by atoms with Crippen molar-refractivity contribution in [3.05, 3.63) is 69.8 Å². The number of aryl methyl sites for hydroxylation is 1. The van der Waals surface area contributed by atoms with Crippen LogP contribution in [0, 0.1) is 23.7 Å². The normalized spacial score (nSPS) is 25.6. The van der Waals surface area contributed by atoms with E-state index in [-0.39, 0.29) is 17.6 Å². The zero-order chi connectivity index (χ0) is 30.0. The first-order valence-corrected chi connectivity index (χ1v) is 16.7. The Hall–Kier alpha value is -2.19. The Morgan fingerprint density at radius 3 is 2.67 bits per heavy atom. The van der Waals surface area contributed by atoms with Gasteiger partial charge in [0.25, 0.3) is 0 Å². The van der Waals surface area contributed by atoms with Crippen LogP contribution in [0.4, 0.5) is 5.69 Å². The lowest BCUT2D eigenvalue weighted by Gasteiger charge is -2.47. The number of aromatic carboxylic acids is 1. The number of nitrogens with zero attached hydrogens (tertiary/aromatic N) is 1. The van der Waals surface area contributed by atoms with E-state index in [1.54, 1.807) is 12.1 Å². The van der Waals surface area contributed by atoms with Crippen LogP contribution in [0.3, 0.4) is 0 Å². The molecule has 42 heavy (non-hydrogen) atoms. The number of hydrogen-bond acceptors (Lipinski definition) is 6. The van der Waals surface area contributed by atoms with E-state index in [4.69, 9.17) is 26.2 Å².